The van der Waals surface area contributed by atoms with Crippen LogP contribution in [0.15, 0.2) is 18.2 Å². The highest BCUT2D eigenvalue weighted by Gasteiger charge is 1.96. The van der Waals surface area contributed by atoms with Crippen molar-refractivity contribution in [2.75, 3.05) is 6.07 Å². The molecule has 0 amide bonds. The zero-order valence-electron chi connectivity index (χ0n) is 6.73. The van der Waals surface area contributed by atoms with E-state index in [2.05, 4.69) is 13.0 Å². The Morgan fingerprint density at radius 2 is 2.09 bits per heavy atom. The van der Waals surface area contributed by atoms with E-state index in [1.165, 1.54) is 5.56 Å². The lowest BCUT2D eigenvalue weighted by molar-refractivity contribution is 0.385. The summed E-state index contributed by atoms with van der Waals surface area (Å²) < 4.78 is 5.16. The number of benzene rings is 1. The summed E-state index contributed by atoms with van der Waals surface area (Å²) in [6, 6.07) is 6.23. The standard InChI is InChI=1S/C9H11ClO/c1-7-3-4-9(11-6-10)8(2)5-7/h3-5H,6H2,1-2H3. The van der Waals surface area contributed by atoms with Crippen molar-refractivity contribution in [1.82, 2.24) is 0 Å². The zero-order valence-corrected chi connectivity index (χ0v) is 7.48. The van der Waals surface area contributed by atoms with Crippen molar-refractivity contribution in [2.45, 2.75) is 13.8 Å². The lowest BCUT2D eigenvalue weighted by Crippen LogP contribution is -1.91. The average molecular weight is 171 g/mol. The second-order valence-corrected chi connectivity index (χ2v) is 2.74. The quantitative estimate of drug-likeness (QED) is 0.621. The van der Waals surface area contributed by atoms with E-state index in [-0.39, 0.29) is 6.07 Å². The van der Waals surface area contributed by atoms with Gasteiger partial charge in [0.1, 0.15) is 5.75 Å². The molecule has 0 radical (unpaired) electrons. The minimum atomic E-state index is 0.212. The van der Waals surface area contributed by atoms with Gasteiger partial charge >= 0.3 is 0 Å². The van der Waals surface area contributed by atoms with E-state index in [0.29, 0.717) is 0 Å². The number of hydrogen-bond donors (Lipinski definition) is 0. The molecular weight excluding hydrogens is 160 g/mol. The van der Waals surface area contributed by atoms with Crippen LogP contribution in [0.1, 0.15) is 11.1 Å². The number of halogens is 1. The van der Waals surface area contributed by atoms with Gasteiger partial charge in [-0.25, -0.2) is 0 Å². The molecule has 11 heavy (non-hydrogen) atoms. The monoisotopic (exact) mass is 170 g/mol. The molecule has 0 spiro atoms. The molecule has 0 aromatic heterocycles. The van der Waals surface area contributed by atoms with Crippen LogP contribution >= 0.6 is 11.6 Å². The summed E-state index contributed by atoms with van der Waals surface area (Å²) in [5.41, 5.74) is 2.37. The number of rotatable bonds is 2. The minimum absolute atomic E-state index is 0.212. The van der Waals surface area contributed by atoms with Crippen LogP contribution in [-0.2, 0) is 0 Å². The van der Waals surface area contributed by atoms with Crippen LogP contribution in [0.5, 0.6) is 5.75 Å². The molecule has 0 fully saturated rings. The molecule has 1 nitrogen and oxygen atoms in total. The Kier molecular flexibility index (Phi) is 2.77. The molecule has 60 valence electrons. The van der Waals surface area contributed by atoms with Crippen molar-refractivity contribution in [2.24, 2.45) is 0 Å². The summed E-state index contributed by atoms with van der Waals surface area (Å²) >= 11 is 5.43. The minimum Gasteiger partial charge on any atom is -0.478 e. The highest BCUT2D eigenvalue weighted by Crippen LogP contribution is 2.18. The molecule has 0 aliphatic rings. The Hall–Kier alpha value is -0.690. The molecule has 2 heteroatoms. The van der Waals surface area contributed by atoms with Gasteiger partial charge in [0.2, 0.25) is 0 Å². The molecule has 0 heterocycles. The zero-order chi connectivity index (χ0) is 8.27. The maximum Gasteiger partial charge on any atom is 0.162 e. The van der Waals surface area contributed by atoms with Crippen LogP contribution in [0, 0.1) is 13.8 Å². The molecule has 1 aromatic rings. The first-order valence-electron chi connectivity index (χ1n) is 3.50. The summed E-state index contributed by atoms with van der Waals surface area (Å²) in [7, 11) is 0. The summed E-state index contributed by atoms with van der Waals surface area (Å²) in [6.07, 6.45) is 0. The van der Waals surface area contributed by atoms with Gasteiger partial charge in [-0.3, -0.25) is 0 Å². The summed E-state index contributed by atoms with van der Waals surface area (Å²) in [5.74, 6) is 0.866. The molecule has 0 N–H and O–H groups in total. The van der Waals surface area contributed by atoms with Crippen molar-refractivity contribution in [3.8, 4) is 5.75 Å². The van der Waals surface area contributed by atoms with Crippen LogP contribution in [0.2, 0.25) is 0 Å². The van der Waals surface area contributed by atoms with Crippen LogP contribution in [-0.4, -0.2) is 6.07 Å². The largest absolute Gasteiger partial charge is 0.478 e. The van der Waals surface area contributed by atoms with Crippen molar-refractivity contribution in [3.63, 3.8) is 0 Å². The summed E-state index contributed by atoms with van der Waals surface area (Å²) in [6.45, 7) is 4.06. The molecule has 0 aliphatic heterocycles. The van der Waals surface area contributed by atoms with Gasteiger partial charge in [0.15, 0.2) is 6.07 Å². The van der Waals surface area contributed by atoms with E-state index in [1.807, 2.05) is 19.1 Å². The molecule has 0 unspecified atom stereocenters. The molecule has 0 saturated heterocycles. The Balaban J connectivity index is 2.90. The first-order chi connectivity index (χ1) is 5.24. The second kappa shape index (κ2) is 3.63. The SMILES string of the molecule is Cc1ccc(OCCl)c(C)c1. The summed E-state index contributed by atoms with van der Waals surface area (Å²) in [5, 5.41) is 0. The van der Waals surface area contributed by atoms with Crippen molar-refractivity contribution < 1.29 is 4.74 Å². The van der Waals surface area contributed by atoms with E-state index < -0.39 is 0 Å². The third kappa shape index (κ3) is 2.12. The lowest BCUT2D eigenvalue weighted by Gasteiger charge is -2.05. The Morgan fingerprint density at radius 3 is 2.64 bits per heavy atom. The maximum absolute atomic E-state index is 5.43. The van der Waals surface area contributed by atoms with Gasteiger partial charge in [-0.2, -0.15) is 0 Å². The van der Waals surface area contributed by atoms with Gasteiger partial charge in [0, 0.05) is 0 Å². The van der Waals surface area contributed by atoms with Gasteiger partial charge in [0.05, 0.1) is 0 Å². The van der Waals surface area contributed by atoms with Crippen molar-refractivity contribution >= 4 is 11.6 Å². The molecule has 1 aromatic carbocycles. The third-order valence-corrected chi connectivity index (χ3v) is 1.65. The van der Waals surface area contributed by atoms with Crippen LogP contribution in [0.3, 0.4) is 0 Å². The molecular formula is C9H11ClO. The number of alkyl halides is 1. The van der Waals surface area contributed by atoms with Gasteiger partial charge in [0.25, 0.3) is 0 Å². The fourth-order valence-corrected chi connectivity index (χ4v) is 1.14. The fraction of sp³-hybridized carbons (Fsp3) is 0.333. The first kappa shape index (κ1) is 8.41. The van der Waals surface area contributed by atoms with E-state index in [1.54, 1.807) is 0 Å². The fourth-order valence-electron chi connectivity index (χ4n) is 1.02. The second-order valence-electron chi connectivity index (χ2n) is 2.52. The highest BCUT2D eigenvalue weighted by atomic mass is 35.5. The predicted octanol–water partition coefficient (Wildman–Crippen LogP) is 2.88. The van der Waals surface area contributed by atoms with Gasteiger partial charge in [-0.15, -0.1) is 0 Å². The van der Waals surface area contributed by atoms with E-state index in [9.17, 15) is 0 Å². The van der Waals surface area contributed by atoms with Crippen LogP contribution < -0.4 is 4.74 Å². The summed E-state index contributed by atoms with van der Waals surface area (Å²) in [4.78, 5) is 0. The topological polar surface area (TPSA) is 9.23 Å². The molecule has 0 aliphatic carbocycles. The smallest absolute Gasteiger partial charge is 0.162 e. The van der Waals surface area contributed by atoms with Gasteiger partial charge in [-0.1, -0.05) is 29.3 Å². The third-order valence-electron chi connectivity index (χ3n) is 1.54. The van der Waals surface area contributed by atoms with Crippen molar-refractivity contribution in [3.05, 3.63) is 29.3 Å². The normalized spacial score (nSPS) is 9.73. The van der Waals surface area contributed by atoms with Gasteiger partial charge in [-0.05, 0) is 25.5 Å². The van der Waals surface area contributed by atoms with Crippen LogP contribution in [0.4, 0.5) is 0 Å². The van der Waals surface area contributed by atoms with E-state index in [4.69, 9.17) is 16.3 Å². The van der Waals surface area contributed by atoms with E-state index in [0.717, 1.165) is 11.3 Å². The maximum atomic E-state index is 5.43. The lowest BCUT2D eigenvalue weighted by atomic mass is 10.1. The Morgan fingerprint density at radius 1 is 1.36 bits per heavy atom. The highest BCUT2D eigenvalue weighted by molar-refractivity contribution is 6.17. The molecule has 0 atom stereocenters. The van der Waals surface area contributed by atoms with Gasteiger partial charge < -0.3 is 4.74 Å². The number of hydrogen-bond acceptors (Lipinski definition) is 1. The average Bonchev–Trinajstić information content (AvgIpc) is 1.95. The van der Waals surface area contributed by atoms with Crippen LogP contribution in [0.25, 0.3) is 0 Å². The number of ether oxygens (including phenoxy) is 1. The predicted molar refractivity (Wildman–Crippen MR) is 47.3 cm³/mol. The van der Waals surface area contributed by atoms with E-state index >= 15 is 0 Å². The first-order valence-corrected chi connectivity index (χ1v) is 4.03. The molecule has 1 rings (SSSR count). The Bertz CT molecular complexity index is 245. The number of aryl methyl sites for hydroxylation is 2. The molecule has 0 bridgehead atoms. The van der Waals surface area contributed by atoms with Crippen molar-refractivity contribution in [1.29, 1.82) is 0 Å². The molecule has 0 saturated carbocycles. The Labute approximate surface area is 71.9 Å².